The van der Waals surface area contributed by atoms with Crippen molar-refractivity contribution in [2.75, 3.05) is 33.8 Å². The van der Waals surface area contributed by atoms with Gasteiger partial charge in [-0.2, -0.15) is 4.31 Å². The van der Waals surface area contributed by atoms with Crippen LogP contribution in [-0.2, 0) is 29.1 Å². The Morgan fingerprint density at radius 1 is 1.20 bits per heavy atom. The molecule has 1 aliphatic heterocycles. The predicted molar refractivity (Wildman–Crippen MR) is 125 cm³/mol. The number of ether oxygens (including phenoxy) is 2. The van der Waals surface area contributed by atoms with E-state index in [0.717, 1.165) is 12.1 Å². The average molecular weight is 517 g/mol. The molecule has 0 bridgehead atoms. The first-order valence-electron chi connectivity index (χ1n) is 10.7. The van der Waals surface area contributed by atoms with E-state index in [9.17, 15) is 32.9 Å². The normalized spacial score (nSPS) is 16.2. The van der Waals surface area contributed by atoms with Gasteiger partial charge in [0.2, 0.25) is 15.9 Å². The average Bonchev–Trinajstić information content (AvgIpc) is 2.81. The molecule has 0 aromatic heterocycles. The highest BCUT2D eigenvalue weighted by atomic mass is 32.2. The van der Waals surface area contributed by atoms with E-state index in [-0.39, 0.29) is 41.9 Å². The lowest BCUT2D eigenvalue weighted by Crippen LogP contribution is -2.46. The van der Waals surface area contributed by atoms with Crippen molar-refractivity contribution in [1.82, 2.24) is 14.9 Å². The van der Waals surface area contributed by atoms with Gasteiger partial charge in [0.25, 0.3) is 5.69 Å². The van der Waals surface area contributed by atoms with Gasteiger partial charge in [-0.15, -0.1) is 0 Å². The second-order valence-electron chi connectivity index (χ2n) is 8.50. The molecule has 1 unspecified atom stereocenters. The predicted octanol–water partition coefficient (Wildman–Crippen LogP) is 1.43. The number of nitrogens with zero attached hydrogens (tertiary/aromatic N) is 2. The summed E-state index contributed by atoms with van der Waals surface area (Å²) in [7, 11) is -1.13. The third-order valence-corrected chi connectivity index (χ3v) is 6.56. The number of alkyl carbamates (subject to hydrolysis) is 1. The molecular formula is C21H32N4O9S. The molecule has 0 aliphatic carbocycles. The molecule has 35 heavy (non-hydrogen) atoms. The van der Waals surface area contributed by atoms with Crippen LogP contribution in [0.15, 0.2) is 29.2 Å². The standard InChI is InChI=1S/C15H19N3O7S.C6H13NO2/c1-25-14(19)9-16-15(20)11-3-2-8-17(10-11)26(23,24)13-6-4-12(5-7-13)18(21)22;1-6(2,3)9-5(8)7-4/h4-7,11H,2-3,8-10H2,1H3,(H,16,20);1-4H3,(H,7,8). The van der Waals surface area contributed by atoms with Crippen LogP contribution in [0.5, 0.6) is 0 Å². The molecule has 2 rings (SSSR count). The molecule has 0 saturated carbocycles. The van der Waals surface area contributed by atoms with E-state index < -0.39 is 32.7 Å². The van der Waals surface area contributed by atoms with E-state index in [4.69, 9.17) is 4.74 Å². The number of piperidine rings is 1. The number of carbonyl (C=O) groups excluding carboxylic acids is 3. The van der Waals surface area contributed by atoms with E-state index in [1.54, 1.807) is 0 Å². The molecule has 196 valence electrons. The fourth-order valence-electron chi connectivity index (χ4n) is 2.97. The highest BCUT2D eigenvalue weighted by Crippen LogP contribution is 2.25. The molecule has 2 amide bonds. The number of nitro groups is 1. The van der Waals surface area contributed by atoms with Gasteiger partial charge in [0.15, 0.2) is 0 Å². The zero-order valence-corrected chi connectivity index (χ0v) is 21.2. The van der Waals surface area contributed by atoms with Crippen molar-refractivity contribution in [2.24, 2.45) is 5.92 Å². The Hall–Kier alpha value is -3.26. The van der Waals surface area contributed by atoms with Crippen LogP contribution in [0.1, 0.15) is 33.6 Å². The van der Waals surface area contributed by atoms with E-state index in [1.165, 1.54) is 30.6 Å². The Morgan fingerprint density at radius 3 is 2.26 bits per heavy atom. The maximum Gasteiger partial charge on any atom is 0.407 e. The minimum absolute atomic E-state index is 0.0215. The Morgan fingerprint density at radius 2 is 1.80 bits per heavy atom. The Kier molecular flexibility index (Phi) is 11.1. The maximum absolute atomic E-state index is 12.7. The van der Waals surface area contributed by atoms with Crippen molar-refractivity contribution in [3.8, 4) is 0 Å². The van der Waals surface area contributed by atoms with Crippen molar-refractivity contribution in [1.29, 1.82) is 0 Å². The number of rotatable bonds is 6. The molecule has 14 heteroatoms. The number of esters is 1. The minimum Gasteiger partial charge on any atom is -0.468 e. The van der Waals surface area contributed by atoms with Crippen molar-refractivity contribution >= 4 is 33.7 Å². The fourth-order valence-corrected chi connectivity index (χ4v) is 4.49. The first-order valence-corrected chi connectivity index (χ1v) is 12.1. The number of carbonyl (C=O) groups is 3. The molecule has 1 fully saturated rings. The van der Waals surface area contributed by atoms with Gasteiger partial charge in [-0.1, -0.05) is 0 Å². The zero-order valence-electron chi connectivity index (χ0n) is 20.4. The topological polar surface area (TPSA) is 174 Å². The van der Waals surface area contributed by atoms with Crippen LogP contribution in [0.2, 0.25) is 0 Å². The molecule has 2 N–H and O–H groups in total. The molecule has 1 saturated heterocycles. The first kappa shape index (κ1) is 29.8. The Labute approximate surface area is 204 Å². The van der Waals surface area contributed by atoms with Gasteiger partial charge in [0, 0.05) is 32.3 Å². The summed E-state index contributed by atoms with van der Waals surface area (Å²) in [6.07, 6.45) is 0.601. The third kappa shape index (κ3) is 9.86. The number of methoxy groups -OCH3 is 1. The van der Waals surface area contributed by atoms with E-state index >= 15 is 0 Å². The molecule has 1 aliphatic rings. The summed E-state index contributed by atoms with van der Waals surface area (Å²) < 4.78 is 35.9. The number of sulfonamides is 1. The monoisotopic (exact) mass is 516 g/mol. The minimum atomic E-state index is -3.87. The number of hydrogen-bond acceptors (Lipinski definition) is 9. The van der Waals surface area contributed by atoms with E-state index in [2.05, 4.69) is 15.4 Å². The summed E-state index contributed by atoms with van der Waals surface area (Å²) in [5, 5.41) is 15.5. The lowest BCUT2D eigenvalue weighted by Gasteiger charge is -2.31. The summed E-state index contributed by atoms with van der Waals surface area (Å²) in [6.45, 7) is 5.42. The zero-order chi connectivity index (χ0) is 26.8. The largest absolute Gasteiger partial charge is 0.468 e. The number of nitro benzene ring substituents is 1. The van der Waals surface area contributed by atoms with Crippen LogP contribution < -0.4 is 10.6 Å². The van der Waals surface area contributed by atoms with Gasteiger partial charge in [-0.3, -0.25) is 19.7 Å². The van der Waals surface area contributed by atoms with Gasteiger partial charge in [0.1, 0.15) is 12.1 Å². The second kappa shape index (κ2) is 13.0. The quantitative estimate of drug-likeness (QED) is 0.322. The van der Waals surface area contributed by atoms with Gasteiger partial charge >= 0.3 is 12.1 Å². The number of nitrogens with one attached hydrogen (secondary N) is 2. The summed E-state index contributed by atoms with van der Waals surface area (Å²) >= 11 is 0. The maximum atomic E-state index is 12.7. The van der Waals surface area contributed by atoms with Gasteiger partial charge in [-0.05, 0) is 45.7 Å². The van der Waals surface area contributed by atoms with Crippen LogP contribution >= 0.6 is 0 Å². The second-order valence-corrected chi connectivity index (χ2v) is 10.4. The van der Waals surface area contributed by atoms with Crippen LogP contribution in [0, 0.1) is 16.0 Å². The Bertz CT molecular complexity index is 1000. The molecule has 13 nitrogen and oxygen atoms in total. The molecule has 1 atom stereocenters. The van der Waals surface area contributed by atoms with Crippen LogP contribution in [-0.4, -0.2) is 75.0 Å². The molecule has 0 spiro atoms. The number of benzene rings is 1. The van der Waals surface area contributed by atoms with Crippen molar-refractivity contribution in [3.05, 3.63) is 34.4 Å². The number of hydrogen-bond donors (Lipinski definition) is 2. The summed E-state index contributed by atoms with van der Waals surface area (Å²) in [4.78, 5) is 43.7. The van der Waals surface area contributed by atoms with Crippen molar-refractivity contribution in [3.63, 3.8) is 0 Å². The van der Waals surface area contributed by atoms with E-state index in [0.29, 0.717) is 12.8 Å². The van der Waals surface area contributed by atoms with Crippen LogP contribution in [0.25, 0.3) is 0 Å². The lowest BCUT2D eigenvalue weighted by atomic mass is 9.99. The first-order chi connectivity index (χ1) is 16.2. The highest BCUT2D eigenvalue weighted by Gasteiger charge is 2.33. The molecule has 0 radical (unpaired) electrons. The summed E-state index contributed by atoms with van der Waals surface area (Å²) in [5.74, 6) is -1.59. The number of amides is 2. The smallest absolute Gasteiger partial charge is 0.407 e. The molecular weight excluding hydrogens is 484 g/mol. The van der Waals surface area contributed by atoms with E-state index in [1.807, 2.05) is 20.8 Å². The third-order valence-electron chi connectivity index (χ3n) is 4.68. The number of non-ortho nitro benzene ring substituents is 1. The molecule has 1 aromatic carbocycles. The molecule has 1 heterocycles. The summed E-state index contributed by atoms with van der Waals surface area (Å²) in [5.41, 5.74) is -0.595. The summed E-state index contributed by atoms with van der Waals surface area (Å²) in [6, 6.07) is 4.59. The lowest BCUT2D eigenvalue weighted by molar-refractivity contribution is -0.384. The molecule has 1 aromatic rings. The Balaban J connectivity index is 0.000000579. The van der Waals surface area contributed by atoms with Crippen molar-refractivity contribution in [2.45, 2.75) is 44.1 Å². The van der Waals surface area contributed by atoms with Gasteiger partial charge in [-0.25, -0.2) is 13.2 Å². The van der Waals surface area contributed by atoms with Gasteiger partial charge < -0.3 is 20.1 Å². The van der Waals surface area contributed by atoms with Crippen molar-refractivity contribution < 1.29 is 37.2 Å². The SMILES string of the molecule is CNC(=O)OC(C)(C)C.COC(=O)CNC(=O)C1CCCN(S(=O)(=O)c2ccc([N+](=O)[O-])cc2)C1. The van der Waals surface area contributed by atoms with Crippen LogP contribution in [0.4, 0.5) is 10.5 Å². The highest BCUT2D eigenvalue weighted by molar-refractivity contribution is 7.89. The van der Waals surface area contributed by atoms with Crippen LogP contribution in [0.3, 0.4) is 0 Å². The fraction of sp³-hybridized carbons (Fsp3) is 0.571. The van der Waals surface area contributed by atoms with Gasteiger partial charge in [0.05, 0.1) is 22.8 Å².